The lowest BCUT2D eigenvalue weighted by molar-refractivity contribution is -0.120. The fourth-order valence-corrected chi connectivity index (χ4v) is 4.16. The maximum atomic E-state index is 13.7. The molecule has 2 rings (SSSR count). The second kappa shape index (κ2) is 10.5. The van der Waals surface area contributed by atoms with Crippen LogP contribution in [-0.4, -0.2) is 41.0 Å². The third kappa shape index (κ3) is 6.88. The summed E-state index contributed by atoms with van der Waals surface area (Å²) in [4.78, 5) is 13.8. The lowest BCUT2D eigenvalue weighted by Gasteiger charge is -2.19. The average Bonchev–Trinajstić information content (AvgIpc) is 2.65. The second-order valence-corrected chi connectivity index (χ2v) is 8.86. The summed E-state index contributed by atoms with van der Waals surface area (Å²) in [6.45, 7) is 1.02. The summed E-state index contributed by atoms with van der Waals surface area (Å²) in [6.07, 6.45) is 0.677. The highest BCUT2D eigenvalue weighted by atomic mass is 79.9. The van der Waals surface area contributed by atoms with Crippen LogP contribution in [0, 0.1) is 5.82 Å². The van der Waals surface area contributed by atoms with E-state index in [2.05, 4.69) is 26.0 Å². The summed E-state index contributed by atoms with van der Waals surface area (Å²) in [6, 6.07) is 12.9. The minimum Gasteiger partial charge on any atom is -0.372 e. The van der Waals surface area contributed by atoms with Gasteiger partial charge in [0, 0.05) is 37.6 Å². The Labute approximate surface area is 173 Å². The van der Waals surface area contributed by atoms with Gasteiger partial charge in [0.05, 0.1) is 10.6 Å². The first-order valence-corrected chi connectivity index (χ1v) is 11.0. The quantitative estimate of drug-likeness (QED) is 0.522. The standard InChI is InChI=1S/C19H23BrFN3O3S/c1-24(18-9-3-2-8-17(18)21)13-5-11-22-19(25)10-12-23-28(26,27)16-7-4-6-15(20)14-16/h2-4,6-9,14,23H,5,10-13H2,1H3,(H,22,25). The molecule has 2 aromatic carbocycles. The zero-order valence-corrected chi connectivity index (χ0v) is 17.9. The number of sulfonamides is 1. The van der Waals surface area contributed by atoms with Crippen LogP contribution < -0.4 is 14.9 Å². The lowest BCUT2D eigenvalue weighted by Crippen LogP contribution is -2.32. The van der Waals surface area contributed by atoms with Gasteiger partial charge in [0.25, 0.3) is 0 Å². The van der Waals surface area contributed by atoms with Crippen LogP contribution in [-0.2, 0) is 14.8 Å². The molecule has 0 saturated carbocycles. The molecule has 2 aromatic rings. The molecule has 2 N–H and O–H groups in total. The first kappa shape index (κ1) is 22.3. The normalized spacial score (nSPS) is 11.2. The smallest absolute Gasteiger partial charge is 0.240 e. The van der Waals surface area contributed by atoms with Gasteiger partial charge in [0.2, 0.25) is 15.9 Å². The van der Waals surface area contributed by atoms with Crippen molar-refractivity contribution in [2.75, 3.05) is 31.6 Å². The number of carbonyl (C=O) groups is 1. The number of halogens is 2. The van der Waals surface area contributed by atoms with Crippen LogP contribution in [0.4, 0.5) is 10.1 Å². The van der Waals surface area contributed by atoms with Crippen molar-refractivity contribution in [2.45, 2.75) is 17.7 Å². The number of amides is 1. The molecule has 6 nitrogen and oxygen atoms in total. The van der Waals surface area contributed by atoms with Crippen LogP contribution in [0.2, 0.25) is 0 Å². The van der Waals surface area contributed by atoms with Crippen molar-refractivity contribution < 1.29 is 17.6 Å². The number of carbonyl (C=O) groups excluding carboxylic acids is 1. The van der Waals surface area contributed by atoms with Gasteiger partial charge in [-0.1, -0.05) is 34.1 Å². The Bertz CT molecular complexity index is 909. The zero-order valence-electron chi connectivity index (χ0n) is 15.5. The van der Waals surface area contributed by atoms with Gasteiger partial charge in [-0.25, -0.2) is 17.5 Å². The van der Waals surface area contributed by atoms with Gasteiger partial charge >= 0.3 is 0 Å². The molecule has 0 aliphatic rings. The summed E-state index contributed by atoms with van der Waals surface area (Å²) < 4.78 is 41.1. The molecule has 0 saturated heterocycles. The number of rotatable bonds is 10. The van der Waals surface area contributed by atoms with Crippen molar-refractivity contribution in [1.82, 2.24) is 10.0 Å². The Morgan fingerprint density at radius 3 is 2.61 bits per heavy atom. The number of hydrogen-bond acceptors (Lipinski definition) is 4. The van der Waals surface area contributed by atoms with Gasteiger partial charge in [-0.2, -0.15) is 0 Å². The minimum atomic E-state index is -3.65. The van der Waals surface area contributed by atoms with E-state index in [4.69, 9.17) is 0 Å². The van der Waals surface area contributed by atoms with Crippen molar-refractivity contribution >= 4 is 37.5 Å². The monoisotopic (exact) mass is 471 g/mol. The minimum absolute atomic E-state index is 0.00973. The second-order valence-electron chi connectivity index (χ2n) is 6.18. The van der Waals surface area contributed by atoms with E-state index >= 15 is 0 Å². The Morgan fingerprint density at radius 1 is 1.14 bits per heavy atom. The number of benzene rings is 2. The molecule has 28 heavy (non-hydrogen) atoms. The Balaban J connectivity index is 1.67. The fourth-order valence-electron chi connectivity index (χ4n) is 2.53. The summed E-state index contributed by atoms with van der Waals surface area (Å²) in [7, 11) is -1.86. The summed E-state index contributed by atoms with van der Waals surface area (Å²) in [5, 5.41) is 2.74. The first-order chi connectivity index (χ1) is 13.3. The van der Waals surface area contributed by atoms with E-state index in [9.17, 15) is 17.6 Å². The van der Waals surface area contributed by atoms with Crippen molar-refractivity contribution in [3.05, 3.63) is 58.8 Å². The van der Waals surface area contributed by atoms with E-state index in [0.717, 1.165) is 0 Å². The van der Waals surface area contributed by atoms with Crippen molar-refractivity contribution in [3.8, 4) is 0 Å². The van der Waals surface area contributed by atoms with Gasteiger partial charge in [-0.15, -0.1) is 0 Å². The number of hydrogen-bond donors (Lipinski definition) is 2. The molecule has 0 heterocycles. The van der Waals surface area contributed by atoms with Gasteiger partial charge in [-0.05, 0) is 36.8 Å². The molecular weight excluding hydrogens is 449 g/mol. The third-order valence-electron chi connectivity index (χ3n) is 4.01. The molecule has 0 radical (unpaired) electrons. The highest BCUT2D eigenvalue weighted by Gasteiger charge is 2.14. The Kier molecular flexibility index (Phi) is 8.40. The molecule has 0 spiro atoms. The number of nitrogens with one attached hydrogen (secondary N) is 2. The van der Waals surface area contributed by atoms with E-state index in [0.29, 0.717) is 29.7 Å². The first-order valence-electron chi connectivity index (χ1n) is 8.77. The maximum absolute atomic E-state index is 13.7. The molecule has 1 amide bonds. The molecule has 0 unspecified atom stereocenters. The molecule has 152 valence electrons. The van der Waals surface area contributed by atoms with E-state index < -0.39 is 10.0 Å². The fraction of sp³-hybridized carbons (Fsp3) is 0.316. The zero-order chi connectivity index (χ0) is 20.6. The molecule has 0 aliphatic carbocycles. The van der Waals surface area contributed by atoms with E-state index in [1.54, 1.807) is 42.3 Å². The molecule has 0 fully saturated rings. The lowest BCUT2D eigenvalue weighted by atomic mass is 10.2. The molecule has 0 aliphatic heterocycles. The van der Waals surface area contributed by atoms with Crippen molar-refractivity contribution in [2.24, 2.45) is 0 Å². The largest absolute Gasteiger partial charge is 0.372 e. The SMILES string of the molecule is CN(CCCNC(=O)CCNS(=O)(=O)c1cccc(Br)c1)c1ccccc1F. The van der Waals surface area contributed by atoms with Gasteiger partial charge < -0.3 is 10.2 Å². The van der Waals surface area contributed by atoms with E-state index in [-0.39, 0.29) is 29.6 Å². The summed E-state index contributed by atoms with van der Waals surface area (Å²) >= 11 is 3.23. The van der Waals surface area contributed by atoms with E-state index in [1.165, 1.54) is 18.2 Å². The summed E-state index contributed by atoms with van der Waals surface area (Å²) in [5.74, 6) is -0.530. The van der Waals surface area contributed by atoms with Crippen LogP contribution in [0.1, 0.15) is 12.8 Å². The molecular formula is C19H23BrFN3O3S. The number of nitrogens with zero attached hydrogens (tertiary/aromatic N) is 1. The van der Waals surface area contributed by atoms with Crippen LogP contribution in [0.15, 0.2) is 57.9 Å². The van der Waals surface area contributed by atoms with Gasteiger partial charge in [0.1, 0.15) is 5.82 Å². The molecule has 0 atom stereocenters. The highest BCUT2D eigenvalue weighted by Crippen LogP contribution is 2.17. The molecule has 0 aromatic heterocycles. The third-order valence-corrected chi connectivity index (χ3v) is 5.96. The van der Waals surface area contributed by atoms with Crippen molar-refractivity contribution in [1.29, 1.82) is 0 Å². The van der Waals surface area contributed by atoms with E-state index in [1.807, 2.05) is 0 Å². The predicted molar refractivity (Wildman–Crippen MR) is 111 cm³/mol. The van der Waals surface area contributed by atoms with Crippen LogP contribution in [0.5, 0.6) is 0 Å². The molecule has 9 heteroatoms. The van der Waals surface area contributed by atoms with Crippen molar-refractivity contribution in [3.63, 3.8) is 0 Å². The maximum Gasteiger partial charge on any atom is 0.240 e. The topological polar surface area (TPSA) is 78.5 Å². The van der Waals surface area contributed by atoms with Crippen LogP contribution in [0.25, 0.3) is 0 Å². The Morgan fingerprint density at radius 2 is 1.89 bits per heavy atom. The highest BCUT2D eigenvalue weighted by molar-refractivity contribution is 9.10. The summed E-state index contributed by atoms with van der Waals surface area (Å²) in [5.41, 5.74) is 0.510. The molecule has 0 bridgehead atoms. The van der Waals surface area contributed by atoms with Gasteiger partial charge in [0.15, 0.2) is 0 Å². The number of para-hydroxylation sites is 1. The average molecular weight is 472 g/mol. The predicted octanol–water partition coefficient (Wildman–Crippen LogP) is 2.90. The van der Waals surface area contributed by atoms with Crippen LogP contribution >= 0.6 is 15.9 Å². The Hall–Kier alpha value is -1.97. The van der Waals surface area contributed by atoms with Crippen LogP contribution in [0.3, 0.4) is 0 Å². The van der Waals surface area contributed by atoms with Gasteiger partial charge in [-0.3, -0.25) is 4.79 Å². The number of anilines is 1.